The van der Waals surface area contributed by atoms with Crippen molar-refractivity contribution in [2.24, 2.45) is 11.8 Å². The van der Waals surface area contributed by atoms with E-state index in [1.165, 1.54) is 89.9 Å². The molecular formula is C22H44O. The number of hydrogen-bond donors (Lipinski definition) is 0. The standard InChI is InChI=1S/C22H44O/c1-3-5-6-7-10-13-16-21-20-22(21)17-14-11-8-9-12-15-19-23-18-4-2/h21-22H,3-20H2,1-2H3. The summed E-state index contributed by atoms with van der Waals surface area (Å²) in [6.07, 6.45) is 23.0. The summed E-state index contributed by atoms with van der Waals surface area (Å²) in [5.74, 6) is 2.24. The van der Waals surface area contributed by atoms with E-state index < -0.39 is 0 Å². The van der Waals surface area contributed by atoms with Crippen LogP contribution in [0.1, 0.15) is 117 Å². The van der Waals surface area contributed by atoms with Crippen LogP contribution in [0.15, 0.2) is 0 Å². The second kappa shape index (κ2) is 15.5. The summed E-state index contributed by atoms with van der Waals surface area (Å²) in [7, 11) is 0. The van der Waals surface area contributed by atoms with Crippen molar-refractivity contribution in [3.63, 3.8) is 0 Å². The summed E-state index contributed by atoms with van der Waals surface area (Å²) in [6, 6.07) is 0. The minimum Gasteiger partial charge on any atom is -0.381 e. The van der Waals surface area contributed by atoms with Gasteiger partial charge in [-0.05, 0) is 31.1 Å². The van der Waals surface area contributed by atoms with E-state index in [0.29, 0.717) is 0 Å². The molecular weight excluding hydrogens is 280 g/mol. The summed E-state index contributed by atoms with van der Waals surface area (Å²) in [4.78, 5) is 0. The topological polar surface area (TPSA) is 9.23 Å². The van der Waals surface area contributed by atoms with E-state index in [1.54, 1.807) is 6.42 Å². The first kappa shape index (κ1) is 21.0. The smallest absolute Gasteiger partial charge is 0.0466 e. The molecule has 1 rings (SSSR count). The maximum Gasteiger partial charge on any atom is 0.0466 e. The molecule has 0 aliphatic heterocycles. The fourth-order valence-corrected chi connectivity index (χ4v) is 3.77. The maximum atomic E-state index is 5.52. The molecule has 1 heteroatoms. The van der Waals surface area contributed by atoms with Gasteiger partial charge in [0, 0.05) is 13.2 Å². The Hall–Kier alpha value is -0.0400. The van der Waals surface area contributed by atoms with Crippen LogP contribution in [0.25, 0.3) is 0 Å². The van der Waals surface area contributed by atoms with Crippen LogP contribution in [0.2, 0.25) is 0 Å². The van der Waals surface area contributed by atoms with Crippen molar-refractivity contribution in [3.05, 3.63) is 0 Å². The molecule has 1 aliphatic rings. The molecule has 0 aromatic carbocycles. The molecule has 1 nitrogen and oxygen atoms in total. The number of rotatable bonds is 18. The normalized spacial score (nSPS) is 20.1. The van der Waals surface area contributed by atoms with Crippen LogP contribution >= 0.6 is 0 Å². The molecule has 23 heavy (non-hydrogen) atoms. The van der Waals surface area contributed by atoms with Crippen LogP contribution < -0.4 is 0 Å². The summed E-state index contributed by atoms with van der Waals surface area (Å²) in [5.41, 5.74) is 0. The highest BCUT2D eigenvalue weighted by Gasteiger charge is 2.34. The largest absolute Gasteiger partial charge is 0.381 e. The first-order valence-electron chi connectivity index (χ1n) is 11.0. The van der Waals surface area contributed by atoms with Crippen molar-refractivity contribution in [2.75, 3.05) is 13.2 Å². The molecule has 0 radical (unpaired) electrons. The Morgan fingerprint density at radius 3 is 1.65 bits per heavy atom. The molecule has 2 unspecified atom stereocenters. The summed E-state index contributed by atoms with van der Waals surface area (Å²) in [6.45, 7) is 6.41. The van der Waals surface area contributed by atoms with E-state index in [2.05, 4.69) is 13.8 Å². The van der Waals surface area contributed by atoms with Gasteiger partial charge >= 0.3 is 0 Å². The molecule has 1 saturated carbocycles. The Morgan fingerprint density at radius 2 is 1.09 bits per heavy atom. The summed E-state index contributed by atoms with van der Waals surface area (Å²) >= 11 is 0. The lowest BCUT2D eigenvalue weighted by atomic mass is 10.0. The van der Waals surface area contributed by atoms with Gasteiger partial charge in [-0.3, -0.25) is 0 Å². The average Bonchev–Trinajstić information content (AvgIpc) is 3.31. The minimum atomic E-state index is 0.946. The first-order chi connectivity index (χ1) is 11.4. The van der Waals surface area contributed by atoms with Crippen molar-refractivity contribution in [3.8, 4) is 0 Å². The molecule has 2 atom stereocenters. The fourth-order valence-electron chi connectivity index (χ4n) is 3.77. The molecule has 0 N–H and O–H groups in total. The predicted molar refractivity (Wildman–Crippen MR) is 103 cm³/mol. The van der Waals surface area contributed by atoms with E-state index >= 15 is 0 Å². The van der Waals surface area contributed by atoms with Gasteiger partial charge in [-0.15, -0.1) is 0 Å². The lowest BCUT2D eigenvalue weighted by Crippen LogP contribution is -1.95. The molecule has 138 valence electrons. The molecule has 1 fully saturated rings. The highest BCUT2D eigenvalue weighted by Crippen LogP contribution is 2.45. The minimum absolute atomic E-state index is 0.946. The van der Waals surface area contributed by atoms with Gasteiger partial charge in [-0.1, -0.05) is 97.3 Å². The second-order valence-corrected chi connectivity index (χ2v) is 7.83. The lowest BCUT2D eigenvalue weighted by Gasteiger charge is -2.04. The Morgan fingerprint density at radius 1 is 0.565 bits per heavy atom. The SMILES string of the molecule is CCCCCCCCC1CC1CCCCCCCCOCCC. The highest BCUT2D eigenvalue weighted by molar-refractivity contribution is 4.85. The van der Waals surface area contributed by atoms with E-state index in [9.17, 15) is 0 Å². The van der Waals surface area contributed by atoms with Gasteiger partial charge in [-0.25, -0.2) is 0 Å². The lowest BCUT2D eigenvalue weighted by molar-refractivity contribution is 0.130. The molecule has 0 spiro atoms. The molecule has 0 aromatic heterocycles. The Labute approximate surface area is 147 Å². The Kier molecular flexibility index (Phi) is 14.1. The fraction of sp³-hybridized carbons (Fsp3) is 1.00. The monoisotopic (exact) mass is 324 g/mol. The average molecular weight is 325 g/mol. The van der Waals surface area contributed by atoms with Gasteiger partial charge in [-0.2, -0.15) is 0 Å². The van der Waals surface area contributed by atoms with E-state index in [4.69, 9.17) is 4.74 Å². The number of ether oxygens (including phenoxy) is 1. The zero-order valence-corrected chi connectivity index (χ0v) is 16.3. The Balaban J connectivity index is 1.72. The van der Waals surface area contributed by atoms with Crippen molar-refractivity contribution >= 4 is 0 Å². The van der Waals surface area contributed by atoms with Gasteiger partial charge in [0.25, 0.3) is 0 Å². The number of hydrogen-bond acceptors (Lipinski definition) is 1. The van der Waals surface area contributed by atoms with Crippen LogP contribution in [-0.4, -0.2) is 13.2 Å². The zero-order valence-electron chi connectivity index (χ0n) is 16.3. The van der Waals surface area contributed by atoms with E-state index in [1.807, 2.05) is 0 Å². The predicted octanol–water partition coefficient (Wildman–Crippen LogP) is 7.53. The van der Waals surface area contributed by atoms with Gasteiger partial charge in [0.1, 0.15) is 0 Å². The summed E-state index contributed by atoms with van der Waals surface area (Å²) in [5, 5.41) is 0. The molecule has 0 aromatic rings. The van der Waals surface area contributed by atoms with E-state index in [-0.39, 0.29) is 0 Å². The van der Waals surface area contributed by atoms with Crippen molar-refractivity contribution < 1.29 is 4.74 Å². The van der Waals surface area contributed by atoms with Gasteiger partial charge in [0.2, 0.25) is 0 Å². The third-order valence-corrected chi connectivity index (χ3v) is 5.46. The molecule has 0 bridgehead atoms. The van der Waals surface area contributed by atoms with Crippen molar-refractivity contribution in [1.29, 1.82) is 0 Å². The quantitative estimate of drug-likeness (QED) is 0.237. The van der Waals surface area contributed by atoms with Crippen LogP contribution in [0, 0.1) is 11.8 Å². The van der Waals surface area contributed by atoms with Crippen LogP contribution in [0.5, 0.6) is 0 Å². The third kappa shape index (κ3) is 13.0. The first-order valence-corrected chi connectivity index (χ1v) is 11.0. The molecule has 0 heterocycles. The van der Waals surface area contributed by atoms with Crippen molar-refractivity contribution in [1.82, 2.24) is 0 Å². The highest BCUT2D eigenvalue weighted by atomic mass is 16.5. The van der Waals surface area contributed by atoms with Crippen LogP contribution in [-0.2, 0) is 4.74 Å². The van der Waals surface area contributed by atoms with Gasteiger partial charge in [0.05, 0.1) is 0 Å². The molecule has 0 amide bonds. The van der Waals surface area contributed by atoms with Gasteiger partial charge in [0.15, 0.2) is 0 Å². The number of unbranched alkanes of at least 4 members (excludes halogenated alkanes) is 10. The third-order valence-electron chi connectivity index (χ3n) is 5.46. The van der Waals surface area contributed by atoms with Gasteiger partial charge < -0.3 is 4.74 Å². The zero-order chi connectivity index (χ0) is 16.6. The van der Waals surface area contributed by atoms with Crippen LogP contribution in [0.3, 0.4) is 0 Å². The summed E-state index contributed by atoms with van der Waals surface area (Å²) < 4.78 is 5.52. The molecule has 0 saturated heterocycles. The van der Waals surface area contributed by atoms with Crippen molar-refractivity contribution in [2.45, 2.75) is 117 Å². The Bertz CT molecular complexity index is 238. The van der Waals surface area contributed by atoms with E-state index in [0.717, 1.165) is 31.5 Å². The molecule has 1 aliphatic carbocycles. The van der Waals surface area contributed by atoms with Crippen LogP contribution in [0.4, 0.5) is 0 Å². The second-order valence-electron chi connectivity index (χ2n) is 7.83. The maximum absolute atomic E-state index is 5.52.